The van der Waals surface area contributed by atoms with Gasteiger partial charge in [-0.25, -0.2) is 9.78 Å². The summed E-state index contributed by atoms with van der Waals surface area (Å²) in [5.41, 5.74) is 1.82. The highest BCUT2D eigenvalue weighted by molar-refractivity contribution is 6.01. The topological polar surface area (TPSA) is 55.1 Å². The minimum Gasteiger partial charge on any atom is -0.478 e. The summed E-state index contributed by atoms with van der Waals surface area (Å²) < 4.78 is 1.96. The van der Waals surface area contributed by atoms with Crippen molar-refractivity contribution >= 4 is 17.0 Å². The molecule has 0 unspecified atom stereocenters. The number of hydrogen-bond donors (Lipinski definition) is 1. The Labute approximate surface area is 113 Å². The van der Waals surface area contributed by atoms with Crippen LogP contribution in [0.15, 0.2) is 24.5 Å². The third-order valence-corrected chi connectivity index (χ3v) is 3.30. The van der Waals surface area contributed by atoms with E-state index in [0.717, 1.165) is 30.4 Å². The first kappa shape index (κ1) is 13.6. The van der Waals surface area contributed by atoms with E-state index in [0.29, 0.717) is 11.5 Å². The lowest BCUT2D eigenvalue weighted by molar-refractivity contribution is 0.0698. The Kier molecular flexibility index (Phi) is 4.20. The Hall–Kier alpha value is -1.84. The second-order valence-electron chi connectivity index (χ2n) is 5.31. The predicted octanol–water partition coefficient (Wildman–Crippen LogP) is 3.56. The van der Waals surface area contributed by atoms with Crippen LogP contribution in [-0.4, -0.2) is 20.6 Å². The van der Waals surface area contributed by atoms with E-state index in [9.17, 15) is 9.90 Å². The standard InChI is InChI=1S/C15H20N2O2/c1-11(2)6-3-4-9-17-10-16-13-8-5-7-12(14(13)17)15(18)19/h5,7-8,10-11H,3-4,6,9H2,1-2H3,(H,18,19). The van der Waals surface area contributed by atoms with Crippen LogP contribution in [0.4, 0.5) is 0 Å². The number of aromatic nitrogens is 2. The quantitative estimate of drug-likeness (QED) is 0.808. The summed E-state index contributed by atoms with van der Waals surface area (Å²) in [6, 6.07) is 5.23. The van der Waals surface area contributed by atoms with Crippen molar-refractivity contribution in [1.82, 2.24) is 9.55 Å². The lowest BCUT2D eigenvalue weighted by Crippen LogP contribution is -2.03. The maximum Gasteiger partial charge on any atom is 0.337 e. The molecule has 0 saturated heterocycles. The Balaban J connectivity index is 2.17. The number of hydrogen-bond acceptors (Lipinski definition) is 2. The fourth-order valence-corrected chi connectivity index (χ4v) is 2.30. The molecule has 1 aromatic carbocycles. The normalized spacial score (nSPS) is 11.3. The maximum atomic E-state index is 11.2. The Bertz CT molecular complexity index is 573. The minimum atomic E-state index is -0.894. The van der Waals surface area contributed by atoms with Crippen LogP contribution in [0.1, 0.15) is 43.5 Å². The molecule has 1 N–H and O–H groups in total. The molecule has 4 nitrogen and oxygen atoms in total. The average Bonchev–Trinajstić information content (AvgIpc) is 2.77. The van der Waals surface area contributed by atoms with Gasteiger partial charge in [-0.2, -0.15) is 0 Å². The van der Waals surface area contributed by atoms with Crippen LogP contribution in [0.25, 0.3) is 11.0 Å². The summed E-state index contributed by atoms with van der Waals surface area (Å²) in [5.74, 6) is -0.177. The van der Waals surface area contributed by atoms with Gasteiger partial charge in [-0.05, 0) is 24.5 Å². The largest absolute Gasteiger partial charge is 0.478 e. The molecule has 0 fully saturated rings. The molecule has 0 radical (unpaired) electrons. The molecule has 0 amide bonds. The second-order valence-corrected chi connectivity index (χ2v) is 5.31. The third-order valence-electron chi connectivity index (χ3n) is 3.30. The summed E-state index contributed by atoms with van der Waals surface area (Å²) in [5, 5.41) is 9.23. The lowest BCUT2D eigenvalue weighted by Gasteiger charge is -2.07. The van der Waals surface area contributed by atoms with Gasteiger partial charge in [0.25, 0.3) is 0 Å². The SMILES string of the molecule is CC(C)CCCCn1cnc2cccc(C(=O)O)c21. The molecule has 0 atom stereocenters. The molecule has 4 heteroatoms. The van der Waals surface area contributed by atoms with Crippen molar-refractivity contribution < 1.29 is 9.90 Å². The molecule has 2 rings (SSSR count). The van der Waals surface area contributed by atoms with E-state index in [-0.39, 0.29) is 0 Å². The van der Waals surface area contributed by atoms with Gasteiger partial charge in [0, 0.05) is 6.54 Å². The van der Waals surface area contributed by atoms with E-state index in [2.05, 4.69) is 18.8 Å². The fraction of sp³-hybridized carbons (Fsp3) is 0.467. The molecule has 0 aliphatic carbocycles. The van der Waals surface area contributed by atoms with Gasteiger partial charge in [0.15, 0.2) is 0 Å². The Morgan fingerprint density at radius 1 is 1.37 bits per heavy atom. The van der Waals surface area contributed by atoms with Crippen LogP contribution in [-0.2, 0) is 6.54 Å². The van der Waals surface area contributed by atoms with Crippen LogP contribution in [0.3, 0.4) is 0 Å². The zero-order valence-electron chi connectivity index (χ0n) is 11.5. The number of carboxylic acids is 1. The molecule has 19 heavy (non-hydrogen) atoms. The molecular weight excluding hydrogens is 240 g/mol. The minimum absolute atomic E-state index is 0.332. The van der Waals surface area contributed by atoms with E-state index in [1.54, 1.807) is 18.5 Å². The molecule has 1 heterocycles. The molecule has 0 aliphatic heterocycles. The number of imidazole rings is 1. The van der Waals surface area contributed by atoms with E-state index in [4.69, 9.17) is 0 Å². The summed E-state index contributed by atoms with van der Waals surface area (Å²) in [6.45, 7) is 5.26. The van der Waals surface area contributed by atoms with Gasteiger partial charge in [-0.1, -0.05) is 32.8 Å². The summed E-state index contributed by atoms with van der Waals surface area (Å²) in [6.07, 6.45) is 5.16. The third kappa shape index (κ3) is 3.13. The number of nitrogens with zero attached hydrogens (tertiary/aromatic N) is 2. The number of aryl methyl sites for hydroxylation is 1. The summed E-state index contributed by atoms with van der Waals surface area (Å²) in [7, 11) is 0. The van der Waals surface area contributed by atoms with Crippen LogP contribution in [0, 0.1) is 5.92 Å². The van der Waals surface area contributed by atoms with Gasteiger partial charge in [0.05, 0.1) is 22.9 Å². The highest BCUT2D eigenvalue weighted by Crippen LogP contribution is 2.19. The number of para-hydroxylation sites is 1. The van der Waals surface area contributed by atoms with Crippen molar-refractivity contribution in [3.63, 3.8) is 0 Å². The van der Waals surface area contributed by atoms with E-state index in [1.807, 2.05) is 10.6 Å². The Morgan fingerprint density at radius 2 is 2.16 bits per heavy atom. The highest BCUT2D eigenvalue weighted by atomic mass is 16.4. The number of fused-ring (bicyclic) bond motifs is 1. The smallest absolute Gasteiger partial charge is 0.337 e. The molecule has 1 aromatic heterocycles. The van der Waals surface area contributed by atoms with E-state index < -0.39 is 5.97 Å². The summed E-state index contributed by atoms with van der Waals surface area (Å²) >= 11 is 0. The first-order valence-corrected chi connectivity index (χ1v) is 6.76. The van der Waals surface area contributed by atoms with Crippen molar-refractivity contribution in [2.75, 3.05) is 0 Å². The molecule has 0 bridgehead atoms. The number of rotatable bonds is 6. The zero-order chi connectivity index (χ0) is 13.8. The van der Waals surface area contributed by atoms with Crippen molar-refractivity contribution in [2.24, 2.45) is 5.92 Å². The van der Waals surface area contributed by atoms with Crippen LogP contribution >= 0.6 is 0 Å². The molecule has 0 saturated carbocycles. The van der Waals surface area contributed by atoms with Crippen LogP contribution < -0.4 is 0 Å². The van der Waals surface area contributed by atoms with Crippen molar-refractivity contribution in [3.05, 3.63) is 30.1 Å². The molecule has 0 aliphatic rings. The average molecular weight is 260 g/mol. The van der Waals surface area contributed by atoms with Crippen LogP contribution in [0.5, 0.6) is 0 Å². The molecule has 0 spiro atoms. The van der Waals surface area contributed by atoms with Gasteiger partial charge in [-0.3, -0.25) is 0 Å². The first-order valence-electron chi connectivity index (χ1n) is 6.76. The number of benzene rings is 1. The van der Waals surface area contributed by atoms with Gasteiger partial charge in [-0.15, -0.1) is 0 Å². The first-order chi connectivity index (χ1) is 9.09. The number of unbranched alkanes of at least 4 members (excludes halogenated alkanes) is 1. The molecule has 2 aromatic rings. The molecular formula is C15H20N2O2. The van der Waals surface area contributed by atoms with Crippen molar-refractivity contribution in [2.45, 2.75) is 39.7 Å². The second kappa shape index (κ2) is 5.87. The summed E-state index contributed by atoms with van der Waals surface area (Å²) in [4.78, 5) is 15.5. The zero-order valence-corrected chi connectivity index (χ0v) is 11.5. The fourth-order valence-electron chi connectivity index (χ4n) is 2.30. The van der Waals surface area contributed by atoms with E-state index in [1.165, 1.54) is 6.42 Å². The lowest BCUT2D eigenvalue weighted by atomic mass is 10.1. The van der Waals surface area contributed by atoms with Crippen LogP contribution in [0.2, 0.25) is 0 Å². The predicted molar refractivity (Wildman–Crippen MR) is 75.4 cm³/mol. The highest BCUT2D eigenvalue weighted by Gasteiger charge is 2.12. The number of carbonyl (C=O) groups is 1. The van der Waals surface area contributed by atoms with E-state index >= 15 is 0 Å². The number of carboxylic acid groups (broad SMARTS) is 1. The van der Waals surface area contributed by atoms with Gasteiger partial charge in [0.1, 0.15) is 0 Å². The van der Waals surface area contributed by atoms with Gasteiger partial charge >= 0.3 is 5.97 Å². The number of aromatic carboxylic acids is 1. The Morgan fingerprint density at radius 3 is 2.84 bits per heavy atom. The monoisotopic (exact) mass is 260 g/mol. The molecule has 102 valence electrons. The van der Waals surface area contributed by atoms with Gasteiger partial charge in [0.2, 0.25) is 0 Å². The van der Waals surface area contributed by atoms with Crippen molar-refractivity contribution in [1.29, 1.82) is 0 Å². The van der Waals surface area contributed by atoms with Gasteiger partial charge < -0.3 is 9.67 Å². The van der Waals surface area contributed by atoms with Crippen molar-refractivity contribution in [3.8, 4) is 0 Å². The maximum absolute atomic E-state index is 11.2.